The number of ether oxygens (including phenoxy) is 2. The molecule has 0 unspecified atom stereocenters. The molecule has 1 N–H and O–H groups in total. The maximum atomic E-state index is 12.1. The number of esters is 1. The zero-order valence-electron chi connectivity index (χ0n) is 17.3. The van der Waals surface area contributed by atoms with Crippen molar-refractivity contribution in [2.75, 3.05) is 20.3 Å². The highest BCUT2D eigenvalue weighted by molar-refractivity contribution is 5.95. The predicted octanol–water partition coefficient (Wildman–Crippen LogP) is 4.16. The fraction of sp³-hybridized carbons (Fsp3) is 0.652. The molecule has 158 valence electrons. The molecule has 0 heterocycles. The van der Waals surface area contributed by atoms with Crippen molar-refractivity contribution in [1.29, 1.82) is 0 Å². The minimum Gasteiger partial charge on any atom is -0.464 e. The van der Waals surface area contributed by atoms with E-state index in [-0.39, 0.29) is 30.2 Å². The second-order valence-corrected chi connectivity index (χ2v) is 7.25. The topological polar surface area (TPSA) is 72.8 Å². The molecule has 0 aromatic carbocycles. The second-order valence-electron chi connectivity index (χ2n) is 7.25. The molecule has 0 saturated carbocycles. The number of carbonyl (C=O) groups excluding carboxylic acids is 2. The Morgan fingerprint density at radius 2 is 2.07 bits per heavy atom. The number of ketones is 1. The lowest BCUT2D eigenvalue weighted by Gasteiger charge is -2.13. The SMILES string of the molecule is CCCCC[C@H](O)/C=C/[C@H]1C=CC(=O)[C@@H]1C/C=C\CCCCOC(=O)COC. The summed E-state index contributed by atoms with van der Waals surface area (Å²) < 4.78 is 9.70. The highest BCUT2D eigenvalue weighted by Gasteiger charge is 2.27. The van der Waals surface area contributed by atoms with Crippen molar-refractivity contribution in [1.82, 2.24) is 0 Å². The maximum absolute atomic E-state index is 12.1. The van der Waals surface area contributed by atoms with Gasteiger partial charge >= 0.3 is 5.97 Å². The van der Waals surface area contributed by atoms with Crippen LogP contribution in [0.1, 0.15) is 58.3 Å². The van der Waals surface area contributed by atoms with E-state index in [0.29, 0.717) is 13.0 Å². The molecular formula is C23H36O5. The highest BCUT2D eigenvalue weighted by atomic mass is 16.6. The lowest BCUT2D eigenvalue weighted by Crippen LogP contribution is -2.14. The molecule has 0 spiro atoms. The smallest absolute Gasteiger partial charge is 0.332 e. The van der Waals surface area contributed by atoms with Crippen molar-refractivity contribution in [2.24, 2.45) is 11.8 Å². The van der Waals surface area contributed by atoms with Crippen LogP contribution >= 0.6 is 0 Å². The normalized spacial score (nSPS) is 20.5. The van der Waals surface area contributed by atoms with Gasteiger partial charge in [0.2, 0.25) is 0 Å². The summed E-state index contributed by atoms with van der Waals surface area (Å²) in [5.74, 6) is -0.173. The Labute approximate surface area is 169 Å². The van der Waals surface area contributed by atoms with E-state index in [1.54, 1.807) is 6.08 Å². The van der Waals surface area contributed by atoms with E-state index in [1.165, 1.54) is 7.11 Å². The average molecular weight is 393 g/mol. The number of aliphatic hydroxyl groups is 1. The molecule has 5 nitrogen and oxygen atoms in total. The zero-order chi connectivity index (χ0) is 20.6. The van der Waals surface area contributed by atoms with Crippen molar-refractivity contribution in [3.8, 4) is 0 Å². The molecule has 5 heteroatoms. The zero-order valence-corrected chi connectivity index (χ0v) is 17.3. The van der Waals surface area contributed by atoms with Gasteiger partial charge in [0.25, 0.3) is 0 Å². The lowest BCUT2D eigenvalue weighted by atomic mass is 9.90. The Bertz CT molecular complexity index is 535. The van der Waals surface area contributed by atoms with Crippen LogP contribution in [-0.2, 0) is 19.1 Å². The molecule has 0 radical (unpaired) electrons. The third-order valence-electron chi connectivity index (χ3n) is 4.82. The molecule has 1 aliphatic rings. The third-order valence-corrected chi connectivity index (χ3v) is 4.82. The van der Waals surface area contributed by atoms with Crippen LogP contribution in [0.25, 0.3) is 0 Å². The number of unbranched alkanes of at least 4 members (excludes halogenated alkanes) is 4. The third kappa shape index (κ3) is 10.6. The number of carbonyl (C=O) groups is 2. The van der Waals surface area contributed by atoms with Crippen molar-refractivity contribution in [3.05, 3.63) is 36.5 Å². The first kappa shape index (κ1) is 24.3. The van der Waals surface area contributed by atoms with E-state index in [4.69, 9.17) is 9.47 Å². The van der Waals surface area contributed by atoms with E-state index < -0.39 is 6.10 Å². The average Bonchev–Trinajstić information content (AvgIpc) is 3.02. The molecule has 0 aromatic heterocycles. The van der Waals surface area contributed by atoms with Crippen molar-refractivity contribution in [3.63, 3.8) is 0 Å². The van der Waals surface area contributed by atoms with E-state index in [2.05, 4.69) is 19.1 Å². The molecule has 1 aliphatic carbocycles. The summed E-state index contributed by atoms with van der Waals surface area (Å²) in [6.45, 7) is 2.55. The van der Waals surface area contributed by atoms with Crippen molar-refractivity contribution < 1.29 is 24.2 Å². The van der Waals surface area contributed by atoms with Gasteiger partial charge in [0.1, 0.15) is 6.61 Å². The summed E-state index contributed by atoms with van der Waals surface area (Å²) >= 11 is 0. The van der Waals surface area contributed by atoms with Crippen LogP contribution in [0.5, 0.6) is 0 Å². The molecule has 3 atom stereocenters. The fourth-order valence-corrected chi connectivity index (χ4v) is 3.15. The summed E-state index contributed by atoms with van der Waals surface area (Å²) in [6, 6.07) is 0. The molecule has 0 aromatic rings. The Morgan fingerprint density at radius 3 is 2.82 bits per heavy atom. The number of methoxy groups -OCH3 is 1. The molecule has 0 saturated heterocycles. The molecular weight excluding hydrogens is 356 g/mol. The van der Waals surface area contributed by atoms with E-state index >= 15 is 0 Å². The van der Waals surface area contributed by atoms with Gasteiger partial charge in [-0.25, -0.2) is 4.79 Å². The van der Waals surface area contributed by atoms with Crippen LogP contribution in [0.15, 0.2) is 36.5 Å². The standard InChI is InChI=1S/C23H36O5/c1-3-4-8-11-20(24)15-13-19-14-16-22(25)21(19)12-9-6-5-7-10-17-28-23(26)18-27-2/h6,9,13-16,19-21,24H,3-5,7-8,10-12,17-18H2,1-2H3/b9-6-,15-13+/t19-,20-,21+/m0/s1. The van der Waals surface area contributed by atoms with Crippen LogP contribution in [0.4, 0.5) is 0 Å². The van der Waals surface area contributed by atoms with Crippen LogP contribution < -0.4 is 0 Å². The second kappa shape index (κ2) is 15.2. The molecule has 0 aliphatic heterocycles. The number of hydrogen-bond donors (Lipinski definition) is 1. The summed E-state index contributed by atoms with van der Waals surface area (Å²) in [7, 11) is 1.47. The molecule has 0 fully saturated rings. The molecule has 28 heavy (non-hydrogen) atoms. The highest BCUT2D eigenvalue weighted by Crippen LogP contribution is 2.27. The minimum atomic E-state index is -0.426. The summed E-state index contributed by atoms with van der Waals surface area (Å²) in [5, 5.41) is 10.0. The van der Waals surface area contributed by atoms with Crippen molar-refractivity contribution >= 4 is 11.8 Å². The van der Waals surface area contributed by atoms with Crippen molar-refractivity contribution in [2.45, 2.75) is 64.4 Å². The van der Waals surface area contributed by atoms with Gasteiger partial charge in [0.15, 0.2) is 5.78 Å². The van der Waals surface area contributed by atoms with Gasteiger partial charge in [-0.1, -0.05) is 56.6 Å². The fourth-order valence-electron chi connectivity index (χ4n) is 3.15. The predicted molar refractivity (Wildman–Crippen MR) is 111 cm³/mol. The van der Waals surface area contributed by atoms with Crippen LogP contribution in [0.3, 0.4) is 0 Å². The Hall–Kier alpha value is -1.72. The number of aliphatic hydroxyl groups excluding tert-OH is 1. The Morgan fingerprint density at radius 1 is 1.25 bits per heavy atom. The summed E-state index contributed by atoms with van der Waals surface area (Å²) in [6.07, 6.45) is 18.6. The first-order valence-electron chi connectivity index (χ1n) is 10.5. The Balaban J connectivity index is 2.25. The molecule has 0 bridgehead atoms. The number of allylic oxidation sites excluding steroid dienone is 5. The van der Waals surface area contributed by atoms with E-state index in [0.717, 1.165) is 44.9 Å². The van der Waals surface area contributed by atoms with E-state index in [1.807, 2.05) is 18.2 Å². The largest absolute Gasteiger partial charge is 0.464 e. The Kier molecular flexibility index (Phi) is 13.2. The van der Waals surface area contributed by atoms with Crippen LogP contribution in [-0.4, -0.2) is 43.3 Å². The first-order valence-corrected chi connectivity index (χ1v) is 10.5. The van der Waals surface area contributed by atoms with Gasteiger partial charge in [0.05, 0.1) is 12.7 Å². The number of hydrogen-bond acceptors (Lipinski definition) is 5. The lowest BCUT2D eigenvalue weighted by molar-refractivity contribution is -0.148. The van der Waals surface area contributed by atoms with Gasteiger partial charge in [-0.2, -0.15) is 0 Å². The maximum Gasteiger partial charge on any atom is 0.332 e. The molecule has 0 amide bonds. The van der Waals surface area contributed by atoms with Gasteiger partial charge in [0, 0.05) is 18.9 Å². The molecule has 1 rings (SSSR count). The van der Waals surface area contributed by atoms with Gasteiger partial charge in [-0.3, -0.25) is 4.79 Å². The monoisotopic (exact) mass is 392 g/mol. The minimum absolute atomic E-state index is 0.00522. The first-order chi connectivity index (χ1) is 13.6. The van der Waals surface area contributed by atoms with Crippen LogP contribution in [0, 0.1) is 11.8 Å². The van der Waals surface area contributed by atoms with Gasteiger partial charge in [-0.05, 0) is 38.2 Å². The number of rotatable bonds is 15. The van der Waals surface area contributed by atoms with E-state index in [9.17, 15) is 14.7 Å². The van der Waals surface area contributed by atoms with Crippen LogP contribution in [0.2, 0.25) is 0 Å². The quantitative estimate of drug-likeness (QED) is 0.257. The van der Waals surface area contributed by atoms with Gasteiger partial charge in [-0.15, -0.1) is 0 Å². The summed E-state index contributed by atoms with van der Waals surface area (Å²) in [4.78, 5) is 23.2. The van der Waals surface area contributed by atoms with Gasteiger partial charge < -0.3 is 14.6 Å². The summed E-state index contributed by atoms with van der Waals surface area (Å²) in [5.41, 5.74) is 0.